The third kappa shape index (κ3) is 5.70. The molecule has 0 spiro atoms. The summed E-state index contributed by atoms with van der Waals surface area (Å²) in [5, 5.41) is 5.25. The Balaban J connectivity index is 1.70. The highest BCUT2D eigenvalue weighted by molar-refractivity contribution is 6.05. The fourth-order valence-electron chi connectivity index (χ4n) is 3.61. The number of benzene rings is 2. The number of alkyl halides is 3. The number of carbonyl (C=O) groups excluding carboxylic acids is 3. The second-order valence-electron chi connectivity index (χ2n) is 8.04. The van der Waals surface area contributed by atoms with Gasteiger partial charge in [0.2, 0.25) is 17.7 Å². The molecule has 1 aliphatic heterocycles. The molecule has 2 aromatic carbocycles. The van der Waals surface area contributed by atoms with Crippen molar-refractivity contribution in [2.45, 2.75) is 38.5 Å². The number of amides is 3. The minimum Gasteiger partial charge on any atom is -0.325 e. The van der Waals surface area contributed by atoms with Crippen molar-refractivity contribution >= 4 is 34.8 Å². The lowest BCUT2D eigenvalue weighted by molar-refractivity contribution is -0.137. The third-order valence-corrected chi connectivity index (χ3v) is 5.51. The SMILES string of the molecule is C[C@H](C(=O)Nc1cccc(C(F)(F)F)c1)N(C)CC(=O)N1c2ccccc2NC(=O)C[C@H]1C. The second-order valence-corrected chi connectivity index (χ2v) is 8.04. The smallest absolute Gasteiger partial charge is 0.325 e. The van der Waals surface area contributed by atoms with Crippen LogP contribution >= 0.6 is 0 Å². The Morgan fingerprint density at radius 3 is 2.61 bits per heavy atom. The van der Waals surface area contributed by atoms with E-state index in [4.69, 9.17) is 0 Å². The normalized spacial score (nSPS) is 17.1. The molecule has 176 valence electrons. The van der Waals surface area contributed by atoms with E-state index >= 15 is 0 Å². The van der Waals surface area contributed by atoms with E-state index in [1.165, 1.54) is 21.9 Å². The van der Waals surface area contributed by atoms with Gasteiger partial charge in [0, 0.05) is 18.2 Å². The van der Waals surface area contributed by atoms with Gasteiger partial charge in [-0.25, -0.2) is 0 Å². The van der Waals surface area contributed by atoms with Gasteiger partial charge in [0.15, 0.2) is 0 Å². The number of fused-ring (bicyclic) bond motifs is 1. The van der Waals surface area contributed by atoms with Crippen LogP contribution < -0.4 is 15.5 Å². The molecule has 0 bridgehead atoms. The predicted octanol–water partition coefficient (Wildman–Crippen LogP) is 3.73. The van der Waals surface area contributed by atoms with Crippen LogP contribution in [0.25, 0.3) is 0 Å². The van der Waals surface area contributed by atoms with Crippen molar-refractivity contribution in [3.05, 3.63) is 54.1 Å². The molecule has 0 saturated heterocycles. The fourth-order valence-corrected chi connectivity index (χ4v) is 3.61. The molecule has 3 rings (SSSR count). The minimum atomic E-state index is -4.52. The van der Waals surface area contributed by atoms with E-state index < -0.39 is 29.7 Å². The lowest BCUT2D eigenvalue weighted by Gasteiger charge is -2.31. The molecular weight excluding hydrogens is 437 g/mol. The summed E-state index contributed by atoms with van der Waals surface area (Å²) < 4.78 is 38.7. The van der Waals surface area contributed by atoms with Crippen molar-refractivity contribution < 1.29 is 27.6 Å². The minimum absolute atomic E-state index is 0.0149. The zero-order valence-electron chi connectivity index (χ0n) is 18.4. The first kappa shape index (κ1) is 24.2. The van der Waals surface area contributed by atoms with Gasteiger partial charge in [-0.15, -0.1) is 0 Å². The first-order chi connectivity index (χ1) is 15.5. The number of hydrogen-bond acceptors (Lipinski definition) is 4. The molecule has 33 heavy (non-hydrogen) atoms. The van der Waals surface area contributed by atoms with Gasteiger partial charge >= 0.3 is 6.18 Å². The molecule has 0 aromatic heterocycles. The highest BCUT2D eigenvalue weighted by Crippen LogP contribution is 2.32. The summed E-state index contributed by atoms with van der Waals surface area (Å²) in [5.74, 6) is -1.06. The van der Waals surface area contributed by atoms with Gasteiger partial charge in [-0.3, -0.25) is 19.3 Å². The van der Waals surface area contributed by atoms with Gasteiger partial charge in [0.25, 0.3) is 0 Å². The Bertz CT molecular complexity index is 1060. The van der Waals surface area contributed by atoms with Gasteiger partial charge in [-0.05, 0) is 51.2 Å². The van der Waals surface area contributed by atoms with Crippen LogP contribution in [0.5, 0.6) is 0 Å². The van der Waals surface area contributed by atoms with Crippen LogP contribution in [0.3, 0.4) is 0 Å². The Hall–Kier alpha value is -3.40. The summed E-state index contributed by atoms with van der Waals surface area (Å²) in [5.41, 5.74) is 0.239. The molecular formula is C23H25F3N4O3. The van der Waals surface area contributed by atoms with E-state index in [2.05, 4.69) is 10.6 Å². The zero-order chi connectivity index (χ0) is 24.3. The molecule has 0 unspecified atom stereocenters. The molecule has 7 nitrogen and oxygen atoms in total. The summed E-state index contributed by atoms with van der Waals surface area (Å²) in [6, 6.07) is 10.1. The van der Waals surface area contributed by atoms with Crippen molar-refractivity contribution in [2.24, 2.45) is 0 Å². The van der Waals surface area contributed by atoms with Crippen LogP contribution in [0.4, 0.5) is 30.2 Å². The van der Waals surface area contributed by atoms with Crippen molar-refractivity contribution in [1.82, 2.24) is 4.90 Å². The Morgan fingerprint density at radius 1 is 1.21 bits per heavy atom. The fraction of sp³-hybridized carbons (Fsp3) is 0.348. The lowest BCUT2D eigenvalue weighted by atomic mass is 10.1. The van der Waals surface area contributed by atoms with Crippen LogP contribution in [-0.2, 0) is 20.6 Å². The summed E-state index contributed by atoms with van der Waals surface area (Å²) in [6.07, 6.45) is -4.40. The van der Waals surface area contributed by atoms with Gasteiger partial charge in [0.1, 0.15) is 0 Å². The van der Waals surface area contributed by atoms with Gasteiger partial charge in [0.05, 0.1) is 29.5 Å². The van der Waals surface area contributed by atoms with Crippen molar-refractivity contribution in [3.8, 4) is 0 Å². The Kier molecular flexibility index (Phi) is 7.06. The average molecular weight is 462 g/mol. The van der Waals surface area contributed by atoms with Crippen molar-refractivity contribution in [2.75, 3.05) is 29.1 Å². The standard InChI is InChI=1S/C23H25F3N4O3/c1-14-11-20(31)28-18-9-4-5-10-19(18)30(14)21(32)13-29(3)15(2)22(33)27-17-8-6-7-16(12-17)23(24,25)26/h4-10,12,14-15H,11,13H2,1-3H3,(H,27,33)(H,28,31)/t14-,15-/m1/s1. The van der Waals surface area contributed by atoms with Crippen LogP contribution in [-0.4, -0.2) is 48.3 Å². The number of hydrogen-bond donors (Lipinski definition) is 2. The number of rotatable bonds is 5. The van der Waals surface area contributed by atoms with Gasteiger partial charge in [-0.2, -0.15) is 13.2 Å². The number of halogens is 3. The number of nitrogens with one attached hydrogen (secondary N) is 2. The second kappa shape index (κ2) is 9.62. The van der Waals surface area contributed by atoms with E-state index in [0.717, 1.165) is 12.1 Å². The maximum atomic E-state index is 13.2. The molecule has 1 heterocycles. The number of likely N-dealkylation sites (N-methyl/N-ethyl adjacent to an activating group) is 1. The molecule has 0 radical (unpaired) electrons. The van der Waals surface area contributed by atoms with Crippen molar-refractivity contribution in [1.29, 1.82) is 0 Å². The highest BCUT2D eigenvalue weighted by Gasteiger charge is 2.32. The van der Waals surface area contributed by atoms with E-state index in [0.29, 0.717) is 11.4 Å². The Labute approximate surface area is 189 Å². The van der Waals surface area contributed by atoms with Gasteiger partial charge < -0.3 is 15.5 Å². The maximum Gasteiger partial charge on any atom is 0.416 e. The molecule has 3 amide bonds. The third-order valence-electron chi connectivity index (χ3n) is 5.51. The first-order valence-electron chi connectivity index (χ1n) is 10.4. The zero-order valence-corrected chi connectivity index (χ0v) is 18.4. The van der Waals surface area contributed by atoms with Crippen LogP contribution in [0.15, 0.2) is 48.5 Å². The number of nitrogens with zero attached hydrogens (tertiary/aromatic N) is 2. The number of para-hydroxylation sites is 2. The van der Waals surface area contributed by atoms with Crippen LogP contribution in [0.1, 0.15) is 25.8 Å². The maximum absolute atomic E-state index is 13.2. The summed E-state index contributed by atoms with van der Waals surface area (Å²) in [6.45, 7) is 3.19. The molecule has 0 saturated carbocycles. The molecule has 2 N–H and O–H groups in total. The van der Waals surface area contributed by atoms with Crippen LogP contribution in [0.2, 0.25) is 0 Å². The monoisotopic (exact) mass is 462 g/mol. The topological polar surface area (TPSA) is 81.8 Å². The molecule has 10 heteroatoms. The highest BCUT2D eigenvalue weighted by atomic mass is 19.4. The van der Waals surface area contributed by atoms with Gasteiger partial charge in [-0.1, -0.05) is 18.2 Å². The van der Waals surface area contributed by atoms with Crippen LogP contribution in [0, 0.1) is 0 Å². The quantitative estimate of drug-likeness (QED) is 0.710. The molecule has 2 atom stereocenters. The molecule has 0 fully saturated rings. The van der Waals surface area contributed by atoms with E-state index in [-0.39, 0.29) is 30.5 Å². The Morgan fingerprint density at radius 2 is 1.91 bits per heavy atom. The number of anilines is 3. The summed E-state index contributed by atoms with van der Waals surface area (Å²) in [7, 11) is 1.58. The van der Waals surface area contributed by atoms with Crippen molar-refractivity contribution in [3.63, 3.8) is 0 Å². The molecule has 1 aliphatic rings. The largest absolute Gasteiger partial charge is 0.416 e. The summed E-state index contributed by atoms with van der Waals surface area (Å²) >= 11 is 0. The average Bonchev–Trinajstić information content (AvgIpc) is 2.86. The summed E-state index contributed by atoms with van der Waals surface area (Å²) in [4.78, 5) is 40.9. The van der Waals surface area contributed by atoms with E-state index in [1.54, 1.807) is 45.2 Å². The van der Waals surface area contributed by atoms with E-state index in [1.807, 2.05) is 0 Å². The lowest BCUT2D eigenvalue weighted by Crippen LogP contribution is -2.48. The van der Waals surface area contributed by atoms with E-state index in [9.17, 15) is 27.6 Å². The predicted molar refractivity (Wildman–Crippen MR) is 119 cm³/mol. The molecule has 0 aliphatic carbocycles. The molecule has 2 aromatic rings. The first-order valence-corrected chi connectivity index (χ1v) is 10.4. The number of carbonyl (C=O) groups is 3.